The number of pyridine rings is 1. The number of nitrogens with one attached hydrogen (secondary N) is 1. The van der Waals surface area contributed by atoms with Crippen LogP contribution >= 0.6 is 23.4 Å². The van der Waals surface area contributed by atoms with Crippen molar-refractivity contribution in [2.24, 2.45) is 0 Å². The summed E-state index contributed by atoms with van der Waals surface area (Å²) >= 11 is 8.32. The van der Waals surface area contributed by atoms with Crippen LogP contribution in [0.5, 0.6) is 0 Å². The molecule has 4 aromatic rings. The maximum Gasteiger partial charge on any atom is 0.253 e. The minimum atomic E-state index is -0.308. The first-order valence-corrected chi connectivity index (χ1v) is 11.9. The Morgan fingerprint density at radius 2 is 1.97 bits per heavy atom. The van der Waals surface area contributed by atoms with Gasteiger partial charge in [0.15, 0.2) is 0 Å². The number of rotatable bonds is 4. The maximum atomic E-state index is 13.5. The Bertz CT molecular complexity index is 1310. The van der Waals surface area contributed by atoms with E-state index >= 15 is 0 Å². The average Bonchev–Trinajstić information content (AvgIpc) is 3.38. The quantitative estimate of drug-likeness (QED) is 0.395. The van der Waals surface area contributed by atoms with Crippen LogP contribution in [0.3, 0.4) is 0 Å². The molecular weight excluding hydrogens is 445 g/mol. The van der Waals surface area contributed by atoms with Crippen molar-refractivity contribution in [3.8, 4) is 16.8 Å². The van der Waals surface area contributed by atoms with Crippen molar-refractivity contribution in [2.75, 3.05) is 11.5 Å². The molecule has 0 bridgehead atoms. The van der Waals surface area contributed by atoms with E-state index in [2.05, 4.69) is 17.2 Å². The summed E-state index contributed by atoms with van der Waals surface area (Å²) < 4.78 is 15.5. The van der Waals surface area contributed by atoms with Gasteiger partial charge in [-0.25, -0.2) is 4.39 Å². The number of carbonyl (C=O) groups excluding carboxylic acids is 1. The molecule has 4 nitrogen and oxygen atoms in total. The number of thioether (sulfide) groups is 1. The predicted octanol–water partition coefficient (Wildman–Crippen LogP) is 6.11. The van der Waals surface area contributed by atoms with Crippen molar-refractivity contribution in [1.82, 2.24) is 14.9 Å². The Balaban J connectivity index is 1.64. The van der Waals surface area contributed by atoms with Crippen molar-refractivity contribution in [3.63, 3.8) is 0 Å². The van der Waals surface area contributed by atoms with Gasteiger partial charge in [0.05, 0.1) is 16.6 Å². The van der Waals surface area contributed by atoms with E-state index in [1.807, 2.05) is 52.9 Å². The molecule has 0 radical (unpaired) electrons. The fraction of sp³-hybridized carbons (Fsp3) is 0.200. The molecule has 1 amide bonds. The number of hydrogen-bond acceptors (Lipinski definition) is 3. The van der Waals surface area contributed by atoms with Crippen LogP contribution in [0, 0.1) is 5.82 Å². The highest BCUT2D eigenvalue weighted by molar-refractivity contribution is 7.99. The lowest BCUT2D eigenvalue weighted by atomic mass is 10.0. The van der Waals surface area contributed by atoms with Crippen molar-refractivity contribution in [3.05, 3.63) is 83.4 Å². The van der Waals surface area contributed by atoms with Gasteiger partial charge in [-0.05, 0) is 55.5 Å². The molecule has 5 rings (SSSR count). The number of amides is 1. The first kappa shape index (κ1) is 21.0. The van der Waals surface area contributed by atoms with Crippen LogP contribution in [0.4, 0.5) is 4.39 Å². The topological polar surface area (TPSA) is 46.9 Å². The average molecular weight is 466 g/mol. The zero-order chi connectivity index (χ0) is 22.3. The fourth-order valence-corrected chi connectivity index (χ4v) is 5.68. The monoisotopic (exact) mass is 465 g/mol. The second-order valence-electron chi connectivity index (χ2n) is 8.28. The molecule has 0 aliphatic carbocycles. The van der Waals surface area contributed by atoms with Crippen molar-refractivity contribution < 1.29 is 9.18 Å². The molecule has 1 fully saturated rings. The molecule has 0 spiro atoms. The van der Waals surface area contributed by atoms with E-state index in [-0.39, 0.29) is 17.3 Å². The van der Waals surface area contributed by atoms with Gasteiger partial charge >= 0.3 is 0 Å². The molecule has 1 aliphatic heterocycles. The molecule has 2 aromatic carbocycles. The Kier molecular flexibility index (Phi) is 5.43. The second-order valence-corrected chi connectivity index (χ2v) is 9.79. The van der Waals surface area contributed by atoms with E-state index in [1.54, 1.807) is 18.3 Å². The van der Waals surface area contributed by atoms with Crippen LogP contribution in [0.25, 0.3) is 27.8 Å². The van der Waals surface area contributed by atoms with Crippen LogP contribution < -0.4 is 5.32 Å². The highest BCUT2D eigenvalue weighted by Crippen LogP contribution is 2.36. The third kappa shape index (κ3) is 3.89. The summed E-state index contributed by atoms with van der Waals surface area (Å²) in [6.45, 7) is 2.08. The first-order valence-electron chi connectivity index (χ1n) is 10.4. The van der Waals surface area contributed by atoms with Gasteiger partial charge < -0.3 is 9.88 Å². The van der Waals surface area contributed by atoms with Crippen molar-refractivity contribution in [1.29, 1.82) is 0 Å². The van der Waals surface area contributed by atoms with Gasteiger partial charge in [-0.15, -0.1) is 0 Å². The van der Waals surface area contributed by atoms with E-state index in [0.717, 1.165) is 45.8 Å². The highest BCUT2D eigenvalue weighted by Gasteiger charge is 2.31. The highest BCUT2D eigenvalue weighted by atomic mass is 35.5. The Morgan fingerprint density at radius 1 is 1.19 bits per heavy atom. The van der Waals surface area contributed by atoms with Gasteiger partial charge in [-0.2, -0.15) is 11.8 Å². The van der Waals surface area contributed by atoms with Crippen LogP contribution in [-0.4, -0.2) is 32.5 Å². The van der Waals surface area contributed by atoms with Crippen LogP contribution in [0.1, 0.15) is 23.7 Å². The van der Waals surface area contributed by atoms with E-state index in [1.165, 1.54) is 12.1 Å². The lowest BCUT2D eigenvalue weighted by Crippen LogP contribution is -2.46. The van der Waals surface area contributed by atoms with E-state index in [9.17, 15) is 9.18 Å². The first-order chi connectivity index (χ1) is 15.4. The van der Waals surface area contributed by atoms with Gasteiger partial charge in [-0.1, -0.05) is 29.8 Å². The molecule has 1 atom stereocenters. The van der Waals surface area contributed by atoms with Gasteiger partial charge in [-0.3, -0.25) is 9.78 Å². The maximum absolute atomic E-state index is 13.5. The molecule has 1 saturated heterocycles. The summed E-state index contributed by atoms with van der Waals surface area (Å²) in [7, 11) is 0. The Hall–Kier alpha value is -2.83. The molecule has 0 unspecified atom stereocenters. The zero-order valence-electron chi connectivity index (χ0n) is 17.4. The third-order valence-electron chi connectivity index (χ3n) is 5.81. The lowest BCUT2D eigenvalue weighted by Gasteiger charge is -2.24. The zero-order valence-corrected chi connectivity index (χ0v) is 19.0. The van der Waals surface area contributed by atoms with Gasteiger partial charge in [0.1, 0.15) is 5.82 Å². The molecule has 162 valence electrons. The Morgan fingerprint density at radius 3 is 2.69 bits per heavy atom. The third-order valence-corrected chi connectivity index (χ3v) is 7.47. The molecule has 7 heteroatoms. The summed E-state index contributed by atoms with van der Waals surface area (Å²) in [6.07, 6.45) is 4.49. The largest absolute Gasteiger partial charge is 0.346 e. The number of halogens is 2. The van der Waals surface area contributed by atoms with Gasteiger partial charge in [0, 0.05) is 45.5 Å². The number of benzene rings is 2. The number of aromatic nitrogens is 2. The van der Waals surface area contributed by atoms with Crippen molar-refractivity contribution >= 4 is 40.3 Å². The number of fused-ring (bicyclic) bond motifs is 1. The van der Waals surface area contributed by atoms with Crippen molar-refractivity contribution in [2.45, 2.75) is 18.9 Å². The SMILES string of the molecule is C[C@@]1(NC(=O)c2cnc3c(-c4ccccc4Cl)cn(-c4ccc(F)cc4)c3c2)CCSC1. The smallest absolute Gasteiger partial charge is 0.253 e. The van der Waals surface area contributed by atoms with E-state index < -0.39 is 0 Å². The molecule has 1 N–H and O–H groups in total. The van der Waals surface area contributed by atoms with Crippen LogP contribution in [0.15, 0.2) is 67.0 Å². The van der Waals surface area contributed by atoms with E-state index in [4.69, 9.17) is 11.6 Å². The number of carbonyl (C=O) groups is 1. The summed E-state index contributed by atoms with van der Waals surface area (Å²) in [6, 6.07) is 15.6. The Labute approximate surface area is 194 Å². The van der Waals surface area contributed by atoms with Crippen LogP contribution in [-0.2, 0) is 0 Å². The van der Waals surface area contributed by atoms with Crippen LogP contribution in [0.2, 0.25) is 5.02 Å². The second kappa shape index (κ2) is 8.26. The standard InChI is InChI=1S/C25H21ClFN3OS/c1-25(10-11-32-15-25)29-24(31)16-12-22-23(28-13-16)20(19-4-2-3-5-21(19)26)14-30(22)18-8-6-17(27)7-9-18/h2-9,12-14H,10-11,15H2,1H3,(H,29,31)/t25-/m1/s1. The summed E-state index contributed by atoms with van der Waals surface area (Å²) in [5.41, 5.74) is 4.22. The normalized spacial score (nSPS) is 18.2. The number of hydrogen-bond donors (Lipinski definition) is 1. The fourth-order valence-electron chi connectivity index (χ4n) is 4.03. The molecular formula is C25H21ClFN3OS. The minimum Gasteiger partial charge on any atom is -0.346 e. The minimum absolute atomic E-state index is 0.143. The molecule has 32 heavy (non-hydrogen) atoms. The molecule has 1 aliphatic rings. The molecule has 3 heterocycles. The van der Waals surface area contributed by atoms with Gasteiger partial charge in [0.2, 0.25) is 0 Å². The predicted molar refractivity (Wildman–Crippen MR) is 129 cm³/mol. The summed E-state index contributed by atoms with van der Waals surface area (Å²) in [5, 5.41) is 3.78. The van der Waals surface area contributed by atoms with Gasteiger partial charge in [0.25, 0.3) is 5.91 Å². The summed E-state index contributed by atoms with van der Waals surface area (Å²) in [4.78, 5) is 17.7. The lowest BCUT2D eigenvalue weighted by molar-refractivity contribution is 0.0915. The number of nitrogens with zero attached hydrogens (tertiary/aromatic N) is 2. The molecule has 2 aromatic heterocycles. The van der Waals surface area contributed by atoms with E-state index in [0.29, 0.717) is 10.6 Å². The summed E-state index contributed by atoms with van der Waals surface area (Å²) in [5.74, 6) is 1.49. The molecule has 0 saturated carbocycles.